The third-order valence-corrected chi connectivity index (χ3v) is 4.23. The number of rotatable bonds is 5. The van der Waals surface area contributed by atoms with E-state index < -0.39 is 0 Å². The van der Waals surface area contributed by atoms with Crippen LogP contribution in [0.5, 0.6) is 5.75 Å². The van der Waals surface area contributed by atoms with Crippen LogP contribution in [-0.2, 0) is 14.3 Å². The number of carbonyl (C=O) groups excluding carboxylic acids is 3. The molecule has 1 amide bonds. The molecule has 1 heterocycles. The molecule has 1 aromatic carbocycles. The van der Waals surface area contributed by atoms with Crippen LogP contribution in [0.2, 0.25) is 0 Å². The summed E-state index contributed by atoms with van der Waals surface area (Å²) in [4.78, 5) is 35.2. The second kappa shape index (κ2) is 6.81. The molecule has 2 aliphatic rings. The van der Waals surface area contributed by atoms with Gasteiger partial charge in [0.05, 0.1) is 5.69 Å². The molecule has 1 fully saturated rings. The Kier molecular flexibility index (Phi) is 4.60. The van der Waals surface area contributed by atoms with E-state index in [4.69, 9.17) is 9.47 Å². The fourth-order valence-electron chi connectivity index (χ4n) is 3.00. The highest BCUT2D eigenvalue weighted by Gasteiger charge is 2.21. The monoisotopic (exact) mass is 317 g/mol. The highest BCUT2D eigenvalue weighted by Crippen LogP contribution is 2.29. The van der Waals surface area contributed by atoms with Crippen LogP contribution in [0.25, 0.3) is 0 Å². The largest absolute Gasteiger partial charge is 0.482 e. The van der Waals surface area contributed by atoms with E-state index in [1.54, 1.807) is 18.2 Å². The molecule has 6 nitrogen and oxygen atoms in total. The van der Waals surface area contributed by atoms with Crippen LogP contribution in [0.1, 0.15) is 42.5 Å². The van der Waals surface area contributed by atoms with Crippen LogP contribution in [0.3, 0.4) is 0 Å². The molecule has 0 radical (unpaired) electrons. The lowest BCUT2D eigenvalue weighted by atomic mass is 10.0. The molecule has 1 N–H and O–H groups in total. The minimum Gasteiger partial charge on any atom is -0.482 e. The van der Waals surface area contributed by atoms with Crippen molar-refractivity contribution < 1.29 is 23.9 Å². The number of ether oxygens (including phenoxy) is 2. The predicted molar refractivity (Wildman–Crippen MR) is 82.4 cm³/mol. The van der Waals surface area contributed by atoms with Gasteiger partial charge in [0, 0.05) is 12.0 Å². The van der Waals surface area contributed by atoms with E-state index in [0.29, 0.717) is 29.3 Å². The molecule has 0 unspecified atom stereocenters. The molecule has 0 spiro atoms. The highest BCUT2D eigenvalue weighted by atomic mass is 16.5. The fraction of sp³-hybridized carbons (Fsp3) is 0.471. The molecule has 1 aliphatic carbocycles. The van der Waals surface area contributed by atoms with Crippen molar-refractivity contribution in [2.75, 3.05) is 18.5 Å². The Labute approximate surface area is 134 Å². The summed E-state index contributed by atoms with van der Waals surface area (Å²) in [6.07, 6.45) is 4.85. The van der Waals surface area contributed by atoms with Crippen molar-refractivity contribution in [3.05, 3.63) is 23.8 Å². The number of hydrogen-bond donors (Lipinski definition) is 1. The van der Waals surface area contributed by atoms with Gasteiger partial charge in [-0.3, -0.25) is 14.4 Å². The normalized spacial score (nSPS) is 17.1. The number of amides is 1. The average Bonchev–Trinajstić information content (AvgIpc) is 3.04. The number of ketones is 1. The molecule has 0 atom stereocenters. The zero-order chi connectivity index (χ0) is 16.2. The second-order valence-electron chi connectivity index (χ2n) is 5.99. The van der Waals surface area contributed by atoms with Gasteiger partial charge in [0.2, 0.25) is 0 Å². The van der Waals surface area contributed by atoms with Gasteiger partial charge < -0.3 is 14.8 Å². The lowest BCUT2D eigenvalue weighted by Gasteiger charge is -2.18. The minimum absolute atomic E-state index is 0.0287. The molecule has 1 saturated carbocycles. The van der Waals surface area contributed by atoms with Crippen molar-refractivity contribution in [2.24, 2.45) is 5.92 Å². The van der Waals surface area contributed by atoms with Crippen LogP contribution in [0, 0.1) is 5.92 Å². The molecule has 3 rings (SSSR count). The van der Waals surface area contributed by atoms with Gasteiger partial charge in [0.25, 0.3) is 5.91 Å². The van der Waals surface area contributed by atoms with E-state index in [1.165, 1.54) is 12.8 Å². The maximum Gasteiger partial charge on any atom is 0.306 e. The first kappa shape index (κ1) is 15.5. The first-order valence-electron chi connectivity index (χ1n) is 7.87. The van der Waals surface area contributed by atoms with Crippen molar-refractivity contribution in [1.29, 1.82) is 0 Å². The number of Topliss-reactive ketones (excluding diaryl/α,β-unsaturated/α-hetero) is 1. The molecule has 6 heteroatoms. The molecule has 122 valence electrons. The smallest absolute Gasteiger partial charge is 0.306 e. The maximum absolute atomic E-state index is 12.1. The SMILES string of the molecule is O=C1COc2ccc(C(=O)COC(=O)CC3CCCC3)cc2N1. The van der Waals surface area contributed by atoms with E-state index >= 15 is 0 Å². The molecule has 0 bridgehead atoms. The first-order chi connectivity index (χ1) is 11.1. The molecule has 23 heavy (non-hydrogen) atoms. The first-order valence-corrected chi connectivity index (χ1v) is 7.87. The molecular weight excluding hydrogens is 298 g/mol. The van der Waals surface area contributed by atoms with Crippen molar-refractivity contribution in [1.82, 2.24) is 0 Å². The molecular formula is C17H19NO5. The third-order valence-electron chi connectivity index (χ3n) is 4.23. The van der Waals surface area contributed by atoms with Gasteiger partial charge in [-0.2, -0.15) is 0 Å². The lowest BCUT2D eigenvalue weighted by molar-refractivity contribution is -0.143. The summed E-state index contributed by atoms with van der Waals surface area (Å²) in [6, 6.07) is 4.77. The number of nitrogens with one attached hydrogen (secondary N) is 1. The van der Waals surface area contributed by atoms with Gasteiger partial charge in [-0.15, -0.1) is 0 Å². The summed E-state index contributed by atoms with van der Waals surface area (Å²) in [5.74, 6) is 0.0467. The number of carbonyl (C=O) groups is 3. The Morgan fingerprint density at radius 2 is 2.04 bits per heavy atom. The van der Waals surface area contributed by atoms with Crippen LogP contribution in [0.15, 0.2) is 18.2 Å². The highest BCUT2D eigenvalue weighted by molar-refractivity contribution is 6.01. The van der Waals surface area contributed by atoms with Crippen LogP contribution in [0.4, 0.5) is 5.69 Å². The molecule has 0 saturated heterocycles. The Balaban J connectivity index is 1.54. The minimum atomic E-state index is -0.320. The quantitative estimate of drug-likeness (QED) is 0.666. The standard InChI is InChI=1S/C17H19NO5/c19-14(9-23-17(21)7-11-3-1-2-4-11)12-5-6-15-13(8-12)18-16(20)10-22-15/h5-6,8,11H,1-4,7,9-10H2,(H,18,20). The van der Waals surface area contributed by atoms with E-state index in [0.717, 1.165) is 12.8 Å². The van der Waals surface area contributed by atoms with Crippen molar-refractivity contribution in [3.8, 4) is 5.75 Å². The van der Waals surface area contributed by atoms with Gasteiger partial charge in [0.1, 0.15) is 5.75 Å². The summed E-state index contributed by atoms with van der Waals surface area (Å²) in [5, 5.41) is 2.64. The van der Waals surface area contributed by atoms with E-state index in [2.05, 4.69) is 5.32 Å². The third kappa shape index (κ3) is 3.88. The Morgan fingerprint density at radius 1 is 1.26 bits per heavy atom. The van der Waals surface area contributed by atoms with Gasteiger partial charge in [0.15, 0.2) is 19.0 Å². The summed E-state index contributed by atoms with van der Waals surface area (Å²) in [7, 11) is 0. The second-order valence-corrected chi connectivity index (χ2v) is 5.99. The topological polar surface area (TPSA) is 81.7 Å². The number of hydrogen-bond acceptors (Lipinski definition) is 5. The summed E-state index contributed by atoms with van der Waals surface area (Å²) < 4.78 is 10.3. The number of anilines is 1. The van der Waals surface area contributed by atoms with Gasteiger partial charge >= 0.3 is 5.97 Å². The zero-order valence-corrected chi connectivity index (χ0v) is 12.8. The predicted octanol–water partition coefficient (Wildman–Crippen LogP) is 2.32. The number of benzene rings is 1. The van der Waals surface area contributed by atoms with Crippen molar-refractivity contribution >= 4 is 23.3 Å². The molecule has 1 aliphatic heterocycles. The Bertz CT molecular complexity index is 634. The van der Waals surface area contributed by atoms with E-state index in [9.17, 15) is 14.4 Å². The maximum atomic E-state index is 12.1. The van der Waals surface area contributed by atoms with E-state index in [1.807, 2.05) is 0 Å². The van der Waals surface area contributed by atoms with Gasteiger partial charge in [-0.25, -0.2) is 0 Å². The Morgan fingerprint density at radius 3 is 2.83 bits per heavy atom. The lowest BCUT2D eigenvalue weighted by Crippen LogP contribution is -2.25. The average molecular weight is 317 g/mol. The zero-order valence-electron chi connectivity index (χ0n) is 12.8. The van der Waals surface area contributed by atoms with Crippen LogP contribution < -0.4 is 10.1 Å². The van der Waals surface area contributed by atoms with Crippen molar-refractivity contribution in [3.63, 3.8) is 0 Å². The molecule has 1 aromatic rings. The summed E-state index contributed by atoms with van der Waals surface area (Å²) in [6.45, 7) is -0.307. The summed E-state index contributed by atoms with van der Waals surface area (Å²) in [5.41, 5.74) is 0.840. The molecule has 0 aromatic heterocycles. The number of esters is 1. The van der Waals surface area contributed by atoms with Gasteiger partial charge in [-0.1, -0.05) is 12.8 Å². The number of fused-ring (bicyclic) bond motifs is 1. The van der Waals surface area contributed by atoms with Crippen molar-refractivity contribution in [2.45, 2.75) is 32.1 Å². The Hall–Kier alpha value is -2.37. The fourth-order valence-corrected chi connectivity index (χ4v) is 3.00. The van der Waals surface area contributed by atoms with Crippen LogP contribution in [-0.4, -0.2) is 30.9 Å². The van der Waals surface area contributed by atoms with E-state index in [-0.39, 0.29) is 30.9 Å². The van der Waals surface area contributed by atoms with Crippen LogP contribution >= 0.6 is 0 Å². The summed E-state index contributed by atoms with van der Waals surface area (Å²) >= 11 is 0. The van der Waals surface area contributed by atoms with Gasteiger partial charge in [-0.05, 0) is 37.0 Å².